The summed E-state index contributed by atoms with van der Waals surface area (Å²) in [5.41, 5.74) is 6.64. The topological polar surface area (TPSA) is 75.9 Å². The number of nitrogens with zero attached hydrogens (tertiary/aromatic N) is 2. The van der Waals surface area contributed by atoms with Gasteiger partial charge in [0, 0.05) is 21.6 Å². The first kappa shape index (κ1) is 15.1. The second-order valence-corrected chi connectivity index (χ2v) is 5.94. The van der Waals surface area contributed by atoms with Crippen molar-refractivity contribution in [1.82, 2.24) is 9.97 Å². The van der Waals surface area contributed by atoms with Gasteiger partial charge in [-0.25, -0.2) is 0 Å². The number of aromatic nitrogens is 2. The zero-order valence-electron chi connectivity index (χ0n) is 11.0. The number of benzene rings is 1. The quantitative estimate of drug-likeness (QED) is 0.702. The highest BCUT2D eigenvalue weighted by Gasteiger charge is 2.05. The van der Waals surface area contributed by atoms with Crippen molar-refractivity contribution in [2.45, 2.75) is 13.3 Å². The van der Waals surface area contributed by atoms with E-state index < -0.39 is 0 Å². The lowest BCUT2D eigenvalue weighted by atomic mass is 10.3. The Bertz CT molecular complexity index is 603. The Morgan fingerprint density at radius 1 is 1.15 bits per heavy atom. The number of halogens is 2. The maximum atomic E-state index is 5.73. The molecule has 20 heavy (non-hydrogen) atoms. The molecule has 0 spiro atoms. The molecular formula is C13H15Br2N5. The highest BCUT2D eigenvalue weighted by molar-refractivity contribution is 9.11. The summed E-state index contributed by atoms with van der Waals surface area (Å²) in [5, 5.41) is 6.41. The van der Waals surface area contributed by atoms with Crippen molar-refractivity contribution >= 4 is 55.1 Å². The van der Waals surface area contributed by atoms with Gasteiger partial charge in [0.15, 0.2) is 0 Å². The van der Waals surface area contributed by atoms with E-state index in [2.05, 4.69) is 59.4 Å². The largest absolute Gasteiger partial charge is 0.370 e. The fourth-order valence-corrected chi connectivity index (χ4v) is 2.75. The molecule has 0 radical (unpaired) electrons. The summed E-state index contributed by atoms with van der Waals surface area (Å²) in [6.07, 6.45) is 1.02. The van der Waals surface area contributed by atoms with Gasteiger partial charge in [0.2, 0.25) is 5.95 Å². The second-order valence-electron chi connectivity index (χ2n) is 4.17. The summed E-state index contributed by atoms with van der Waals surface area (Å²) in [5.74, 6) is 1.61. The molecule has 2 aromatic rings. The molecular weight excluding hydrogens is 386 g/mol. The fourth-order valence-electron chi connectivity index (χ4n) is 1.60. The third kappa shape index (κ3) is 4.08. The Labute approximate surface area is 134 Å². The van der Waals surface area contributed by atoms with Crippen LogP contribution in [0, 0.1) is 0 Å². The molecule has 0 aliphatic rings. The first-order valence-electron chi connectivity index (χ1n) is 6.19. The normalized spacial score (nSPS) is 10.3. The van der Waals surface area contributed by atoms with E-state index in [1.165, 1.54) is 0 Å². The van der Waals surface area contributed by atoms with Crippen molar-refractivity contribution in [3.05, 3.63) is 33.2 Å². The van der Waals surface area contributed by atoms with Gasteiger partial charge in [0.05, 0.1) is 5.69 Å². The number of anilines is 4. The van der Waals surface area contributed by atoms with E-state index in [-0.39, 0.29) is 5.95 Å². The summed E-state index contributed by atoms with van der Waals surface area (Å²) in [4.78, 5) is 8.33. The van der Waals surface area contributed by atoms with Gasteiger partial charge in [-0.05, 0) is 40.5 Å². The van der Waals surface area contributed by atoms with Gasteiger partial charge < -0.3 is 16.4 Å². The van der Waals surface area contributed by atoms with Gasteiger partial charge in [0.1, 0.15) is 11.6 Å². The van der Waals surface area contributed by atoms with Crippen molar-refractivity contribution < 1.29 is 0 Å². The number of hydrogen-bond acceptors (Lipinski definition) is 5. The van der Waals surface area contributed by atoms with E-state index in [0.29, 0.717) is 5.82 Å². The van der Waals surface area contributed by atoms with Crippen molar-refractivity contribution in [3.63, 3.8) is 0 Å². The van der Waals surface area contributed by atoms with Crippen LogP contribution >= 0.6 is 31.9 Å². The van der Waals surface area contributed by atoms with Gasteiger partial charge >= 0.3 is 0 Å². The van der Waals surface area contributed by atoms with Crippen LogP contribution in [0.25, 0.3) is 0 Å². The van der Waals surface area contributed by atoms with Gasteiger partial charge in [-0.3, -0.25) is 0 Å². The predicted octanol–water partition coefficient (Wildman–Crippen LogP) is 4.15. The first-order valence-corrected chi connectivity index (χ1v) is 7.77. The van der Waals surface area contributed by atoms with Crippen molar-refractivity contribution in [1.29, 1.82) is 0 Å². The number of hydrogen-bond donors (Lipinski definition) is 3. The predicted molar refractivity (Wildman–Crippen MR) is 90.3 cm³/mol. The lowest BCUT2D eigenvalue weighted by molar-refractivity contribution is 0.967. The average Bonchev–Trinajstić information content (AvgIpc) is 2.39. The molecule has 106 valence electrons. The maximum absolute atomic E-state index is 5.73. The Kier molecular flexibility index (Phi) is 5.19. The van der Waals surface area contributed by atoms with E-state index in [1.54, 1.807) is 0 Å². The fraction of sp³-hybridized carbons (Fsp3) is 0.231. The molecule has 4 N–H and O–H groups in total. The summed E-state index contributed by atoms with van der Waals surface area (Å²) in [7, 11) is 0. The molecule has 1 aromatic carbocycles. The van der Waals surface area contributed by atoms with Gasteiger partial charge in [0.25, 0.3) is 0 Å². The van der Waals surface area contributed by atoms with Crippen LogP contribution in [-0.2, 0) is 0 Å². The average molecular weight is 401 g/mol. The maximum Gasteiger partial charge on any atom is 0.223 e. The molecule has 5 nitrogen and oxygen atoms in total. The molecule has 0 atom stereocenters. The molecule has 1 aromatic heterocycles. The number of nitrogens with two attached hydrogens (primary N) is 1. The van der Waals surface area contributed by atoms with Crippen LogP contribution < -0.4 is 16.4 Å². The van der Waals surface area contributed by atoms with Crippen molar-refractivity contribution in [2.24, 2.45) is 0 Å². The smallest absolute Gasteiger partial charge is 0.223 e. The molecule has 0 aliphatic heterocycles. The SMILES string of the molecule is CCCNc1cc(Nc2ccc(Br)cc2Br)nc(N)n1. The standard InChI is InChI=1S/C13H15Br2N5/c1-2-5-17-11-7-12(20-13(16)19-11)18-10-4-3-8(14)6-9(10)15/h3-4,6-7H,2,5H2,1H3,(H4,16,17,18,19,20). The molecule has 0 unspecified atom stereocenters. The van der Waals surface area contributed by atoms with Crippen molar-refractivity contribution in [2.75, 3.05) is 22.9 Å². The molecule has 0 aliphatic carbocycles. The summed E-state index contributed by atoms with van der Waals surface area (Å²) in [6, 6.07) is 7.70. The van der Waals surface area contributed by atoms with Crippen LogP contribution in [-0.4, -0.2) is 16.5 Å². The molecule has 1 heterocycles. The van der Waals surface area contributed by atoms with Crippen LogP contribution in [0.3, 0.4) is 0 Å². The molecule has 0 bridgehead atoms. The van der Waals surface area contributed by atoms with Gasteiger partial charge in [-0.15, -0.1) is 0 Å². The Hall–Kier alpha value is -1.34. The van der Waals surface area contributed by atoms with E-state index in [0.717, 1.165) is 33.4 Å². The molecule has 0 saturated carbocycles. The lowest BCUT2D eigenvalue weighted by Crippen LogP contribution is -2.07. The first-order chi connectivity index (χ1) is 9.58. The zero-order valence-corrected chi connectivity index (χ0v) is 14.1. The van der Waals surface area contributed by atoms with E-state index in [4.69, 9.17) is 5.73 Å². The van der Waals surface area contributed by atoms with Crippen LogP contribution in [0.15, 0.2) is 33.2 Å². The molecule has 0 saturated heterocycles. The molecule has 0 fully saturated rings. The van der Waals surface area contributed by atoms with Crippen LogP contribution in [0.5, 0.6) is 0 Å². The molecule has 7 heteroatoms. The number of nitrogen functional groups attached to an aromatic ring is 1. The monoisotopic (exact) mass is 399 g/mol. The minimum absolute atomic E-state index is 0.238. The minimum atomic E-state index is 0.238. The zero-order chi connectivity index (χ0) is 14.5. The number of nitrogens with one attached hydrogen (secondary N) is 2. The summed E-state index contributed by atoms with van der Waals surface area (Å²) < 4.78 is 1.94. The van der Waals surface area contributed by atoms with E-state index in [9.17, 15) is 0 Å². The number of rotatable bonds is 5. The highest BCUT2D eigenvalue weighted by atomic mass is 79.9. The van der Waals surface area contributed by atoms with E-state index in [1.807, 2.05) is 24.3 Å². The third-order valence-electron chi connectivity index (χ3n) is 2.49. The summed E-state index contributed by atoms with van der Waals surface area (Å²) in [6.45, 7) is 2.94. The Morgan fingerprint density at radius 3 is 2.60 bits per heavy atom. The Morgan fingerprint density at radius 2 is 1.90 bits per heavy atom. The summed E-state index contributed by atoms with van der Waals surface area (Å²) >= 11 is 6.92. The van der Waals surface area contributed by atoms with Gasteiger partial charge in [-0.2, -0.15) is 9.97 Å². The van der Waals surface area contributed by atoms with Crippen LogP contribution in [0.1, 0.15) is 13.3 Å². The highest BCUT2D eigenvalue weighted by Crippen LogP contribution is 2.28. The second kappa shape index (κ2) is 6.90. The van der Waals surface area contributed by atoms with Crippen LogP contribution in [0.2, 0.25) is 0 Å². The Balaban J connectivity index is 2.21. The lowest BCUT2D eigenvalue weighted by Gasteiger charge is -2.11. The van der Waals surface area contributed by atoms with Crippen LogP contribution in [0.4, 0.5) is 23.3 Å². The van der Waals surface area contributed by atoms with E-state index >= 15 is 0 Å². The minimum Gasteiger partial charge on any atom is -0.370 e. The molecule has 2 rings (SSSR count). The molecule has 0 amide bonds. The van der Waals surface area contributed by atoms with Crippen molar-refractivity contribution in [3.8, 4) is 0 Å². The third-order valence-corrected chi connectivity index (χ3v) is 3.64. The van der Waals surface area contributed by atoms with Gasteiger partial charge in [-0.1, -0.05) is 22.9 Å².